The molecule has 0 unspecified atom stereocenters. The van der Waals surface area contributed by atoms with Gasteiger partial charge in [0.2, 0.25) is 0 Å². The molecule has 1 saturated heterocycles. The van der Waals surface area contributed by atoms with Gasteiger partial charge in [0.25, 0.3) is 5.91 Å². The van der Waals surface area contributed by atoms with Crippen LogP contribution in [-0.2, 0) is 24.9 Å². The molecular formula is C20H28N4O2. The van der Waals surface area contributed by atoms with Gasteiger partial charge in [0, 0.05) is 38.9 Å². The van der Waals surface area contributed by atoms with Crippen molar-refractivity contribution in [1.82, 2.24) is 20.0 Å². The average Bonchev–Trinajstić information content (AvgIpc) is 2.92. The molecule has 2 heterocycles. The summed E-state index contributed by atoms with van der Waals surface area (Å²) in [6.07, 6.45) is 2.17. The SMILES string of the molecule is Cc1c(C(=O)NCc2ccc(CN3C[C@@H](C)O[C@H](C)C3)cc2)cnn1C. The van der Waals surface area contributed by atoms with Crippen molar-refractivity contribution in [1.29, 1.82) is 0 Å². The van der Waals surface area contributed by atoms with Crippen molar-refractivity contribution in [2.75, 3.05) is 13.1 Å². The summed E-state index contributed by atoms with van der Waals surface area (Å²) in [6.45, 7) is 9.51. The summed E-state index contributed by atoms with van der Waals surface area (Å²) < 4.78 is 7.49. The highest BCUT2D eigenvalue weighted by Gasteiger charge is 2.22. The molecule has 0 aliphatic carbocycles. The minimum Gasteiger partial charge on any atom is -0.373 e. The van der Waals surface area contributed by atoms with Crippen molar-refractivity contribution >= 4 is 5.91 Å². The first-order chi connectivity index (χ1) is 12.4. The summed E-state index contributed by atoms with van der Waals surface area (Å²) in [4.78, 5) is 14.7. The van der Waals surface area contributed by atoms with Crippen LogP contribution in [0, 0.1) is 6.92 Å². The highest BCUT2D eigenvalue weighted by Crippen LogP contribution is 2.15. The van der Waals surface area contributed by atoms with Crippen LogP contribution in [0.5, 0.6) is 0 Å². The van der Waals surface area contributed by atoms with Crippen molar-refractivity contribution in [3.63, 3.8) is 0 Å². The summed E-state index contributed by atoms with van der Waals surface area (Å²) in [5.74, 6) is -0.0871. The molecule has 2 aromatic rings. The van der Waals surface area contributed by atoms with Crippen LogP contribution in [0.3, 0.4) is 0 Å². The summed E-state index contributed by atoms with van der Waals surface area (Å²) in [5, 5.41) is 7.07. The van der Waals surface area contributed by atoms with Crippen LogP contribution >= 0.6 is 0 Å². The summed E-state index contributed by atoms with van der Waals surface area (Å²) in [5.41, 5.74) is 3.86. The van der Waals surface area contributed by atoms with Gasteiger partial charge in [0.15, 0.2) is 0 Å². The molecule has 0 radical (unpaired) electrons. The third kappa shape index (κ3) is 4.51. The molecule has 0 bridgehead atoms. The molecule has 6 nitrogen and oxygen atoms in total. The van der Waals surface area contributed by atoms with Gasteiger partial charge in [0.1, 0.15) is 0 Å². The number of carbonyl (C=O) groups excluding carboxylic acids is 1. The molecule has 1 aliphatic rings. The standard InChI is InChI=1S/C20H28N4O2/c1-14-11-24(12-15(2)26-14)13-18-7-5-17(6-8-18)9-21-20(25)19-10-22-23(4)16(19)3/h5-8,10,14-15H,9,11-13H2,1-4H3,(H,21,25)/t14-,15-/m1/s1. The Kier molecular flexibility index (Phi) is 5.74. The lowest BCUT2D eigenvalue weighted by molar-refractivity contribution is -0.0704. The summed E-state index contributed by atoms with van der Waals surface area (Å²) in [6, 6.07) is 8.45. The molecule has 1 aromatic heterocycles. The molecule has 3 rings (SSSR count). The second kappa shape index (κ2) is 8.01. The first-order valence-corrected chi connectivity index (χ1v) is 9.15. The van der Waals surface area contributed by atoms with Crippen LogP contribution in [0.2, 0.25) is 0 Å². The molecule has 1 aromatic carbocycles. The van der Waals surface area contributed by atoms with Gasteiger partial charge in [-0.1, -0.05) is 24.3 Å². The van der Waals surface area contributed by atoms with Crippen LogP contribution in [0.4, 0.5) is 0 Å². The van der Waals surface area contributed by atoms with Crippen LogP contribution in [-0.4, -0.2) is 45.9 Å². The summed E-state index contributed by atoms with van der Waals surface area (Å²) in [7, 11) is 1.83. The van der Waals surface area contributed by atoms with E-state index in [9.17, 15) is 4.79 Å². The minimum atomic E-state index is -0.0871. The third-order valence-corrected chi connectivity index (χ3v) is 4.86. The lowest BCUT2D eigenvalue weighted by Crippen LogP contribution is -2.44. The predicted octanol–water partition coefficient (Wildman–Crippen LogP) is 2.27. The molecule has 2 atom stereocenters. The number of nitrogens with zero attached hydrogens (tertiary/aromatic N) is 3. The molecule has 1 amide bonds. The highest BCUT2D eigenvalue weighted by molar-refractivity contribution is 5.94. The second-order valence-electron chi connectivity index (χ2n) is 7.22. The Balaban J connectivity index is 1.53. The maximum Gasteiger partial charge on any atom is 0.255 e. The zero-order valence-corrected chi connectivity index (χ0v) is 16.0. The minimum absolute atomic E-state index is 0.0871. The molecule has 6 heteroatoms. The fourth-order valence-corrected chi connectivity index (χ4v) is 3.43. The smallest absolute Gasteiger partial charge is 0.255 e. The number of aryl methyl sites for hydroxylation is 1. The van der Waals surface area contributed by atoms with Gasteiger partial charge in [0.05, 0.1) is 24.0 Å². The van der Waals surface area contributed by atoms with E-state index in [0.29, 0.717) is 12.1 Å². The highest BCUT2D eigenvalue weighted by atomic mass is 16.5. The average molecular weight is 356 g/mol. The fraction of sp³-hybridized carbons (Fsp3) is 0.500. The van der Waals surface area contributed by atoms with Gasteiger partial charge in [-0.05, 0) is 31.9 Å². The molecule has 26 heavy (non-hydrogen) atoms. The molecule has 140 valence electrons. The number of amides is 1. The number of carbonyl (C=O) groups is 1. The Morgan fingerprint density at radius 1 is 1.19 bits per heavy atom. The van der Waals surface area contributed by atoms with Crippen LogP contribution in [0.1, 0.15) is 41.0 Å². The molecular weight excluding hydrogens is 328 g/mol. The van der Waals surface area contributed by atoms with Gasteiger partial charge in [-0.2, -0.15) is 5.10 Å². The van der Waals surface area contributed by atoms with Gasteiger partial charge in [-0.15, -0.1) is 0 Å². The monoisotopic (exact) mass is 356 g/mol. The lowest BCUT2D eigenvalue weighted by Gasteiger charge is -2.35. The van der Waals surface area contributed by atoms with Crippen molar-refractivity contribution < 1.29 is 9.53 Å². The quantitative estimate of drug-likeness (QED) is 0.893. The van der Waals surface area contributed by atoms with E-state index < -0.39 is 0 Å². The van der Waals surface area contributed by atoms with E-state index in [1.54, 1.807) is 10.9 Å². The normalized spacial score (nSPS) is 20.9. The van der Waals surface area contributed by atoms with Crippen molar-refractivity contribution in [3.05, 3.63) is 52.8 Å². The van der Waals surface area contributed by atoms with E-state index in [4.69, 9.17) is 4.74 Å². The maximum absolute atomic E-state index is 12.3. The van der Waals surface area contributed by atoms with E-state index in [-0.39, 0.29) is 18.1 Å². The largest absolute Gasteiger partial charge is 0.373 e. The number of morpholine rings is 1. The topological polar surface area (TPSA) is 59.4 Å². The van der Waals surface area contributed by atoms with E-state index in [1.165, 1.54) is 5.56 Å². The van der Waals surface area contributed by atoms with E-state index in [1.807, 2.05) is 14.0 Å². The fourth-order valence-electron chi connectivity index (χ4n) is 3.43. The number of benzene rings is 1. The Hall–Kier alpha value is -2.18. The first kappa shape index (κ1) is 18.6. The van der Waals surface area contributed by atoms with E-state index in [0.717, 1.165) is 30.9 Å². The van der Waals surface area contributed by atoms with Gasteiger partial charge < -0.3 is 10.1 Å². The molecule has 0 saturated carbocycles. The molecule has 0 spiro atoms. The van der Waals surface area contributed by atoms with Gasteiger partial charge in [-0.25, -0.2) is 0 Å². The van der Waals surface area contributed by atoms with E-state index >= 15 is 0 Å². The number of hydrogen-bond acceptors (Lipinski definition) is 4. The molecule has 1 aliphatic heterocycles. The van der Waals surface area contributed by atoms with Crippen molar-refractivity contribution in [2.24, 2.45) is 7.05 Å². The lowest BCUT2D eigenvalue weighted by atomic mass is 10.1. The van der Waals surface area contributed by atoms with Crippen molar-refractivity contribution in [2.45, 2.75) is 46.1 Å². The Morgan fingerprint density at radius 2 is 1.81 bits per heavy atom. The second-order valence-corrected chi connectivity index (χ2v) is 7.22. The Labute approximate surface area is 155 Å². The van der Waals surface area contributed by atoms with Gasteiger partial charge >= 0.3 is 0 Å². The number of nitrogens with one attached hydrogen (secondary N) is 1. The van der Waals surface area contributed by atoms with Gasteiger partial charge in [-0.3, -0.25) is 14.4 Å². The predicted molar refractivity (Wildman–Crippen MR) is 101 cm³/mol. The summed E-state index contributed by atoms with van der Waals surface area (Å²) >= 11 is 0. The molecule has 1 N–H and O–H groups in total. The zero-order chi connectivity index (χ0) is 18.7. The Morgan fingerprint density at radius 3 is 2.38 bits per heavy atom. The maximum atomic E-state index is 12.3. The first-order valence-electron chi connectivity index (χ1n) is 9.15. The number of hydrogen-bond donors (Lipinski definition) is 1. The molecule has 1 fully saturated rings. The zero-order valence-electron chi connectivity index (χ0n) is 16.0. The number of ether oxygens (including phenoxy) is 1. The van der Waals surface area contributed by atoms with Crippen LogP contribution < -0.4 is 5.32 Å². The Bertz CT molecular complexity index is 744. The van der Waals surface area contributed by atoms with Crippen LogP contribution in [0.25, 0.3) is 0 Å². The van der Waals surface area contributed by atoms with Crippen LogP contribution in [0.15, 0.2) is 30.5 Å². The van der Waals surface area contributed by atoms with Crippen molar-refractivity contribution in [3.8, 4) is 0 Å². The number of rotatable bonds is 5. The van der Waals surface area contributed by atoms with E-state index in [2.05, 4.69) is 53.4 Å². The third-order valence-electron chi connectivity index (χ3n) is 4.86. The number of aromatic nitrogens is 2.